The van der Waals surface area contributed by atoms with Crippen LogP contribution in [-0.4, -0.2) is 18.0 Å². The number of hydrogen-bond donors (Lipinski definition) is 0. The first-order chi connectivity index (χ1) is 14.2. The molecule has 1 spiro atoms. The molecule has 3 aromatic carbocycles. The van der Waals surface area contributed by atoms with E-state index in [0.717, 1.165) is 22.3 Å². The van der Waals surface area contributed by atoms with Crippen molar-refractivity contribution in [2.24, 2.45) is 4.99 Å². The minimum atomic E-state index is -1.24. The summed E-state index contributed by atoms with van der Waals surface area (Å²) in [6.07, 6.45) is 0.0406. The molecule has 2 aliphatic heterocycles. The molecule has 29 heavy (non-hydrogen) atoms. The van der Waals surface area contributed by atoms with Gasteiger partial charge in [-0.2, -0.15) is 0 Å². The fraction of sp³-hybridized carbons (Fsp3) is 0.200. The number of fused-ring (bicyclic) bond motifs is 6. The highest BCUT2D eigenvalue weighted by Gasteiger charge is 2.78. The quantitative estimate of drug-likeness (QED) is 0.638. The van der Waals surface area contributed by atoms with Crippen LogP contribution >= 0.6 is 0 Å². The summed E-state index contributed by atoms with van der Waals surface area (Å²) in [5.74, 6) is 0.566. The third kappa shape index (κ3) is 1.83. The molecule has 4 heteroatoms. The second kappa shape index (κ2) is 5.65. The Labute approximate surface area is 168 Å². The van der Waals surface area contributed by atoms with E-state index in [1.807, 2.05) is 79.7 Å². The largest absolute Gasteiger partial charge is 0.449 e. The van der Waals surface area contributed by atoms with Gasteiger partial charge in [0.25, 0.3) is 0 Å². The lowest BCUT2D eigenvalue weighted by molar-refractivity contribution is -0.317. The van der Waals surface area contributed by atoms with Gasteiger partial charge in [-0.05, 0) is 16.7 Å². The fourth-order valence-corrected chi connectivity index (χ4v) is 5.04. The highest BCUT2D eigenvalue weighted by Crippen LogP contribution is 2.65. The maximum Gasteiger partial charge on any atom is 0.236 e. The van der Waals surface area contributed by atoms with Gasteiger partial charge in [0.1, 0.15) is 0 Å². The zero-order valence-corrected chi connectivity index (χ0v) is 16.0. The standard InChI is InChI=1S/C25H19NO3/c1-2-21-26-24(16-10-4-3-5-11-16)23(28-21)29-25(24)20-15-9-8-13-18(20)17-12-6-7-14-19(17)22(25)27/h3-15,23H,2H2,1H3. The van der Waals surface area contributed by atoms with E-state index >= 15 is 0 Å². The molecule has 6 rings (SSSR count). The second-order valence-electron chi connectivity index (χ2n) is 7.66. The molecular formula is C25H19NO3. The number of ketones is 1. The minimum Gasteiger partial charge on any atom is -0.449 e. The van der Waals surface area contributed by atoms with Gasteiger partial charge in [-0.15, -0.1) is 0 Å². The monoisotopic (exact) mass is 381 g/mol. The van der Waals surface area contributed by atoms with Crippen LogP contribution in [0.25, 0.3) is 11.1 Å². The van der Waals surface area contributed by atoms with Crippen molar-refractivity contribution < 1.29 is 14.3 Å². The van der Waals surface area contributed by atoms with Gasteiger partial charge >= 0.3 is 0 Å². The molecule has 0 radical (unpaired) electrons. The van der Waals surface area contributed by atoms with Crippen molar-refractivity contribution in [3.63, 3.8) is 0 Å². The summed E-state index contributed by atoms with van der Waals surface area (Å²) >= 11 is 0. The lowest BCUT2D eigenvalue weighted by Crippen LogP contribution is -2.71. The number of nitrogens with zero attached hydrogens (tertiary/aromatic N) is 1. The zero-order chi connectivity index (χ0) is 19.6. The number of carbonyl (C=O) groups is 1. The zero-order valence-electron chi connectivity index (χ0n) is 16.0. The van der Waals surface area contributed by atoms with Crippen molar-refractivity contribution in [1.82, 2.24) is 0 Å². The summed E-state index contributed by atoms with van der Waals surface area (Å²) < 4.78 is 12.4. The Hall–Kier alpha value is -3.24. The minimum absolute atomic E-state index is 0.0587. The Morgan fingerprint density at radius 2 is 1.52 bits per heavy atom. The van der Waals surface area contributed by atoms with Crippen LogP contribution in [0.5, 0.6) is 0 Å². The molecular weight excluding hydrogens is 362 g/mol. The summed E-state index contributed by atoms with van der Waals surface area (Å²) in [6, 6.07) is 25.7. The van der Waals surface area contributed by atoms with Crippen LogP contribution in [-0.2, 0) is 20.6 Å². The summed E-state index contributed by atoms with van der Waals surface area (Å²) in [4.78, 5) is 19.1. The van der Waals surface area contributed by atoms with Gasteiger partial charge in [-0.25, -0.2) is 4.99 Å². The Morgan fingerprint density at radius 3 is 2.28 bits per heavy atom. The van der Waals surface area contributed by atoms with E-state index in [1.54, 1.807) is 0 Å². The van der Waals surface area contributed by atoms with Crippen molar-refractivity contribution in [3.05, 3.63) is 95.6 Å². The van der Waals surface area contributed by atoms with Crippen LogP contribution in [0.4, 0.5) is 0 Å². The number of aliphatic imine (C=N–C) groups is 1. The fourth-order valence-electron chi connectivity index (χ4n) is 5.04. The van der Waals surface area contributed by atoms with E-state index in [0.29, 0.717) is 17.9 Å². The van der Waals surface area contributed by atoms with Crippen LogP contribution in [0, 0.1) is 0 Å². The van der Waals surface area contributed by atoms with Crippen LogP contribution in [0.15, 0.2) is 83.9 Å². The van der Waals surface area contributed by atoms with Crippen LogP contribution in [0.3, 0.4) is 0 Å². The van der Waals surface area contributed by atoms with E-state index in [9.17, 15) is 4.79 Å². The predicted molar refractivity (Wildman–Crippen MR) is 110 cm³/mol. The molecule has 3 aromatic rings. The van der Waals surface area contributed by atoms with E-state index < -0.39 is 17.4 Å². The van der Waals surface area contributed by atoms with Crippen LogP contribution < -0.4 is 0 Å². The van der Waals surface area contributed by atoms with Gasteiger partial charge in [0.15, 0.2) is 17.0 Å². The number of Topliss-reactive ketones (excluding diaryl/α,β-unsaturated/α-hetero) is 1. The summed E-state index contributed by atoms with van der Waals surface area (Å²) in [6.45, 7) is 2.00. The van der Waals surface area contributed by atoms with Crippen molar-refractivity contribution >= 4 is 11.7 Å². The molecule has 4 nitrogen and oxygen atoms in total. The van der Waals surface area contributed by atoms with Crippen LogP contribution in [0.2, 0.25) is 0 Å². The van der Waals surface area contributed by atoms with Gasteiger partial charge in [0.2, 0.25) is 12.1 Å². The highest BCUT2D eigenvalue weighted by atomic mass is 16.7. The predicted octanol–water partition coefficient (Wildman–Crippen LogP) is 4.84. The van der Waals surface area contributed by atoms with Gasteiger partial charge in [0.05, 0.1) is 0 Å². The Kier molecular flexibility index (Phi) is 3.25. The molecule has 0 saturated carbocycles. The van der Waals surface area contributed by atoms with Crippen molar-refractivity contribution in [3.8, 4) is 11.1 Å². The topological polar surface area (TPSA) is 47.9 Å². The number of hydrogen-bond acceptors (Lipinski definition) is 4. The molecule has 1 fully saturated rings. The summed E-state index contributed by atoms with van der Waals surface area (Å²) in [7, 11) is 0. The first kappa shape index (κ1) is 16.7. The van der Waals surface area contributed by atoms with E-state index in [-0.39, 0.29) is 5.78 Å². The van der Waals surface area contributed by atoms with Gasteiger partial charge in [-0.1, -0.05) is 85.8 Å². The first-order valence-corrected chi connectivity index (χ1v) is 9.95. The van der Waals surface area contributed by atoms with Crippen molar-refractivity contribution in [1.29, 1.82) is 0 Å². The summed E-state index contributed by atoms with van der Waals surface area (Å²) in [5.41, 5.74) is 2.24. The maximum atomic E-state index is 14.0. The maximum absolute atomic E-state index is 14.0. The Morgan fingerprint density at radius 1 is 0.862 bits per heavy atom. The lowest BCUT2D eigenvalue weighted by atomic mass is 9.59. The van der Waals surface area contributed by atoms with Gasteiger partial charge in [0, 0.05) is 17.5 Å². The SMILES string of the molecule is CCC1=NC2(c3ccccc3)C(O1)OC21C(=O)c2ccccc2-c2ccccc21. The van der Waals surface area contributed by atoms with Crippen molar-refractivity contribution in [2.45, 2.75) is 30.8 Å². The molecule has 0 amide bonds. The third-order valence-corrected chi connectivity index (χ3v) is 6.31. The number of benzene rings is 3. The molecule has 3 unspecified atom stereocenters. The highest BCUT2D eigenvalue weighted by molar-refractivity contribution is 6.14. The van der Waals surface area contributed by atoms with E-state index in [1.165, 1.54) is 0 Å². The molecule has 0 aromatic heterocycles. The molecule has 142 valence electrons. The summed E-state index contributed by atoms with van der Waals surface area (Å²) in [5, 5.41) is 0. The van der Waals surface area contributed by atoms with E-state index in [2.05, 4.69) is 6.07 Å². The number of ether oxygens (including phenoxy) is 2. The van der Waals surface area contributed by atoms with Gasteiger partial charge in [-0.3, -0.25) is 4.79 Å². The Balaban J connectivity index is 1.70. The third-order valence-electron chi connectivity index (χ3n) is 6.31. The molecule has 3 aliphatic rings. The number of carbonyl (C=O) groups excluding carboxylic acids is 1. The molecule has 0 bridgehead atoms. The smallest absolute Gasteiger partial charge is 0.236 e. The van der Waals surface area contributed by atoms with Gasteiger partial charge < -0.3 is 9.47 Å². The molecule has 1 aliphatic carbocycles. The van der Waals surface area contributed by atoms with Crippen LogP contribution in [0.1, 0.15) is 34.8 Å². The second-order valence-corrected chi connectivity index (χ2v) is 7.66. The molecule has 3 atom stereocenters. The average Bonchev–Trinajstić information content (AvgIpc) is 3.08. The van der Waals surface area contributed by atoms with Crippen molar-refractivity contribution in [2.75, 3.05) is 0 Å². The Bertz CT molecular complexity index is 1190. The molecule has 2 heterocycles. The first-order valence-electron chi connectivity index (χ1n) is 9.95. The van der Waals surface area contributed by atoms with E-state index in [4.69, 9.17) is 14.5 Å². The average molecular weight is 381 g/mol. The normalized spacial score (nSPS) is 28.7. The molecule has 1 saturated heterocycles. The number of rotatable bonds is 2. The molecule has 0 N–H and O–H groups in total. The lowest BCUT2D eigenvalue weighted by Gasteiger charge is -2.58.